The van der Waals surface area contributed by atoms with Crippen LogP contribution in [0.4, 0.5) is 15.8 Å². The van der Waals surface area contributed by atoms with Gasteiger partial charge in [0.1, 0.15) is 17.6 Å². The van der Waals surface area contributed by atoms with Crippen LogP contribution in [0.3, 0.4) is 0 Å². The Kier molecular flexibility index (Phi) is 6.74. The molecule has 190 valence electrons. The molecule has 4 aromatic rings. The number of aromatic nitrogens is 4. The number of nitrogens with one attached hydrogen (secondary N) is 2. The molecule has 2 heterocycles. The number of nitriles is 1. The van der Waals surface area contributed by atoms with E-state index in [9.17, 15) is 9.65 Å². The molecule has 1 aliphatic rings. The van der Waals surface area contributed by atoms with Crippen LogP contribution in [0.25, 0.3) is 10.9 Å². The highest BCUT2D eigenvalue weighted by atomic mass is 35.5. The highest BCUT2D eigenvalue weighted by Crippen LogP contribution is 2.37. The van der Waals surface area contributed by atoms with Crippen molar-refractivity contribution in [2.45, 2.75) is 52.1 Å². The molecule has 2 aromatic carbocycles. The number of nitrogens with zero attached hydrogens (tertiary/aromatic N) is 5. The van der Waals surface area contributed by atoms with Crippen molar-refractivity contribution >= 4 is 33.9 Å². The topological polar surface area (TPSA) is 91.5 Å². The Bertz CT molecular complexity index is 1470. The van der Waals surface area contributed by atoms with Crippen molar-refractivity contribution in [1.29, 1.82) is 5.26 Å². The van der Waals surface area contributed by atoms with Gasteiger partial charge in [-0.3, -0.25) is 4.98 Å². The third kappa shape index (κ3) is 5.37. The Morgan fingerprint density at radius 2 is 2.00 bits per heavy atom. The Hall–Kier alpha value is -3.70. The second kappa shape index (κ2) is 9.98. The maximum atomic E-state index is 13.7. The normalized spacial score (nSPS) is 14.4. The highest BCUT2D eigenvalue weighted by molar-refractivity contribution is 6.35. The second-order valence-electron chi connectivity index (χ2n) is 10.4. The van der Waals surface area contributed by atoms with E-state index in [1.165, 1.54) is 12.1 Å². The fraction of sp³-hybridized carbons (Fsp3) is 0.357. The molecule has 1 aliphatic carbocycles. The second-order valence-corrected chi connectivity index (χ2v) is 10.8. The zero-order chi connectivity index (χ0) is 26.2. The van der Waals surface area contributed by atoms with Crippen LogP contribution in [0.5, 0.6) is 0 Å². The number of benzene rings is 2. The predicted octanol–water partition coefficient (Wildman–Crippen LogP) is 6.87. The zero-order valence-corrected chi connectivity index (χ0v) is 21.8. The van der Waals surface area contributed by atoms with E-state index in [4.69, 9.17) is 11.6 Å². The van der Waals surface area contributed by atoms with Crippen LogP contribution in [0.1, 0.15) is 68.9 Å². The molecule has 0 aliphatic heterocycles. The van der Waals surface area contributed by atoms with Crippen molar-refractivity contribution < 1.29 is 4.39 Å². The number of pyridine rings is 1. The van der Waals surface area contributed by atoms with E-state index in [0.29, 0.717) is 34.4 Å². The monoisotopic (exact) mass is 517 g/mol. The van der Waals surface area contributed by atoms with Crippen LogP contribution in [0.15, 0.2) is 48.8 Å². The summed E-state index contributed by atoms with van der Waals surface area (Å²) in [6.07, 6.45) is 6.67. The molecule has 5 rings (SSSR count). The molecule has 2 N–H and O–H groups in total. The van der Waals surface area contributed by atoms with E-state index in [-0.39, 0.29) is 17.3 Å². The maximum Gasteiger partial charge on any atom is 0.123 e. The number of fused-ring (bicyclic) bond motifs is 1. The van der Waals surface area contributed by atoms with Gasteiger partial charge in [0, 0.05) is 23.8 Å². The Balaban J connectivity index is 1.56. The smallest absolute Gasteiger partial charge is 0.123 e. The number of halogens is 2. The third-order valence-electron chi connectivity index (χ3n) is 7.01. The SMILES string of the molecule is CCC(C)(C)CNc1c(C#N)cnc2c(Cl)cc(NC(c3ccc(F)cc3)c3cn(C4CC4)nn3)cc12. The molecule has 0 spiro atoms. The summed E-state index contributed by atoms with van der Waals surface area (Å²) in [4.78, 5) is 4.46. The van der Waals surface area contributed by atoms with Crippen molar-refractivity contribution in [2.75, 3.05) is 17.2 Å². The fourth-order valence-corrected chi connectivity index (χ4v) is 4.43. The van der Waals surface area contributed by atoms with Gasteiger partial charge in [-0.25, -0.2) is 9.07 Å². The van der Waals surface area contributed by atoms with Crippen LogP contribution in [0.2, 0.25) is 5.02 Å². The van der Waals surface area contributed by atoms with E-state index < -0.39 is 0 Å². The number of hydrogen-bond acceptors (Lipinski definition) is 6. The number of hydrogen-bond donors (Lipinski definition) is 2. The van der Waals surface area contributed by atoms with Crippen molar-refractivity contribution in [3.8, 4) is 6.07 Å². The van der Waals surface area contributed by atoms with Crippen LogP contribution in [-0.2, 0) is 0 Å². The van der Waals surface area contributed by atoms with E-state index in [0.717, 1.165) is 41.6 Å². The Labute approximate surface area is 220 Å². The maximum absolute atomic E-state index is 13.7. The Morgan fingerprint density at radius 3 is 2.68 bits per heavy atom. The molecule has 7 nitrogen and oxygen atoms in total. The molecule has 37 heavy (non-hydrogen) atoms. The molecule has 1 unspecified atom stereocenters. The first-order chi connectivity index (χ1) is 17.8. The van der Waals surface area contributed by atoms with Gasteiger partial charge in [0.2, 0.25) is 0 Å². The van der Waals surface area contributed by atoms with Gasteiger partial charge >= 0.3 is 0 Å². The largest absolute Gasteiger partial charge is 0.383 e. The molecule has 1 fully saturated rings. The van der Waals surface area contributed by atoms with E-state index in [1.807, 2.05) is 23.0 Å². The van der Waals surface area contributed by atoms with Gasteiger partial charge in [0.15, 0.2) is 0 Å². The van der Waals surface area contributed by atoms with Crippen LogP contribution >= 0.6 is 11.6 Å². The number of anilines is 2. The molecule has 0 amide bonds. The van der Waals surface area contributed by atoms with Crippen LogP contribution in [0, 0.1) is 22.6 Å². The first kappa shape index (κ1) is 25.0. The minimum Gasteiger partial charge on any atom is -0.383 e. The van der Waals surface area contributed by atoms with Gasteiger partial charge in [0.05, 0.1) is 40.1 Å². The summed E-state index contributed by atoms with van der Waals surface area (Å²) < 4.78 is 15.6. The molecule has 0 saturated heterocycles. The lowest BCUT2D eigenvalue weighted by Crippen LogP contribution is -2.22. The van der Waals surface area contributed by atoms with Crippen LogP contribution < -0.4 is 10.6 Å². The highest BCUT2D eigenvalue weighted by Gasteiger charge is 2.27. The molecule has 2 aromatic heterocycles. The molecule has 1 atom stereocenters. The van der Waals surface area contributed by atoms with E-state index in [2.05, 4.69) is 52.8 Å². The number of rotatable bonds is 9. The lowest BCUT2D eigenvalue weighted by molar-refractivity contribution is 0.377. The lowest BCUT2D eigenvalue weighted by atomic mass is 9.90. The summed E-state index contributed by atoms with van der Waals surface area (Å²) in [5.41, 5.74) is 4.11. The first-order valence-corrected chi connectivity index (χ1v) is 12.9. The van der Waals surface area contributed by atoms with E-state index in [1.54, 1.807) is 18.3 Å². The molecule has 0 radical (unpaired) electrons. The third-order valence-corrected chi connectivity index (χ3v) is 7.29. The summed E-state index contributed by atoms with van der Waals surface area (Å²) >= 11 is 6.70. The molecular weight excluding hydrogens is 489 g/mol. The van der Waals surface area contributed by atoms with Gasteiger partial charge in [-0.2, -0.15) is 5.26 Å². The minimum atomic E-state index is -0.385. The van der Waals surface area contributed by atoms with Gasteiger partial charge in [-0.15, -0.1) is 5.10 Å². The van der Waals surface area contributed by atoms with Gasteiger partial charge in [-0.1, -0.05) is 49.7 Å². The average molecular weight is 518 g/mol. The summed E-state index contributed by atoms with van der Waals surface area (Å²) in [6.45, 7) is 7.19. The van der Waals surface area contributed by atoms with Crippen LogP contribution in [-0.4, -0.2) is 26.5 Å². The standard InChI is InChI=1S/C28H29ClFN7/c1-4-28(2,3)16-33-25-18(13-31)14-32-27-22(25)11-20(12-23(27)29)34-26(17-5-7-19(30)8-6-17)24-15-37(36-35-24)21-9-10-21/h5-8,11-12,14-15,21,26,34H,4,9-10,16H2,1-3H3,(H,32,33). The van der Waals surface area contributed by atoms with Crippen molar-refractivity contribution in [3.05, 3.63) is 76.5 Å². The van der Waals surface area contributed by atoms with Crippen molar-refractivity contribution in [2.24, 2.45) is 5.41 Å². The Morgan fingerprint density at radius 1 is 1.24 bits per heavy atom. The molecular formula is C28H29ClFN7. The minimum absolute atomic E-state index is 0.0447. The fourth-order valence-electron chi connectivity index (χ4n) is 4.16. The quantitative estimate of drug-likeness (QED) is 0.251. The lowest BCUT2D eigenvalue weighted by Gasteiger charge is -2.25. The molecule has 1 saturated carbocycles. The van der Waals surface area contributed by atoms with Crippen molar-refractivity contribution in [3.63, 3.8) is 0 Å². The summed E-state index contributed by atoms with van der Waals surface area (Å²) in [7, 11) is 0. The van der Waals surface area contributed by atoms with Gasteiger partial charge < -0.3 is 10.6 Å². The summed E-state index contributed by atoms with van der Waals surface area (Å²) in [6, 6.07) is 12.4. The van der Waals surface area contributed by atoms with Crippen molar-refractivity contribution in [1.82, 2.24) is 20.0 Å². The first-order valence-electron chi connectivity index (χ1n) is 12.5. The van der Waals surface area contributed by atoms with E-state index >= 15 is 0 Å². The summed E-state index contributed by atoms with van der Waals surface area (Å²) in [5.74, 6) is -0.307. The molecule has 0 bridgehead atoms. The zero-order valence-electron chi connectivity index (χ0n) is 21.1. The summed E-state index contributed by atoms with van der Waals surface area (Å²) in [5, 5.41) is 26.7. The van der Waals surface area contributed by atoms with Gasteiger partial charge in [0.25, 0.3) is 0 Å². The average Bonchev–Trinajstić information content (AvgIpc) is 3.63. The molecule has 9 heteroatoms. The van der Waals surface area contributed by atoms with Gasteiger partial charge in [-0.05, 0) is 54.5 Å². The predicted molar refractivity (Wildman–Crippen MR) is 144 cm³/mol.